The van der Waals surface area contributed by atoms with Crippen molar-refractivity contribution in [1.82, 2.24) is 4.57 Å². The van der Waals surface area contributed by atoms with Crippen LogP contribution in [0.3, 0.4) is 0 Å². The first-order valence-corrected chi connectivity index (χ1v) is 7.77. The Hall–Kier alpha value is -0.920. The minimum absolute atomic E-state index is 0.0885. The maximum atomic E-state index is 9.13. The molecule has 0 aliphatic carbocycles. The lowest BCUT2D eigenvalue weighted by molar-refractivity contribution is -0.0988. The SMILES string of the molecule is N#Cc1cccn1C1CCOC2(CCSCC2)C1. The highest BCUT2D eigenvalue weighted by Crippen LogP contribution is 2.41. The third kappa shape index (κ3) is 2.17. The van der Waals surface area contributed by atoms with Gasteiger partial charge in [0, 0.05) is 18.8 Å². The van der Waals surface area contributed by atoms with Crippen LogP contribution in [-0.4, -0.2) is 28.3 Å². The van der Waals surface area contributed by atoms with E-state index in [4.69, 9.17) is 10.00 Å². The van der Waals surface area contributed by atoms with Crippen LogP contribution in [0.1, 0.15) is 37.4 Å². The lowest BCUT2D eigenvalue weighted by Crippen LogP contribution is -2.43. The molecule has 0 amide bonds. The zero-order valence-electron chi connectivity index (χ0n) is 10.5. The van der Waals surface area contributed by atoms with Crippen LogP contribution in [0.15, 0.2) is 18.3 Å². The van der Waals surface area contributed by atoms with Gasteiger partial charge in [-0.2, -0.15) is 17.0 Å². The van der Waals surface area contributed by atoms with Crippen molar-refractivity contribution in [3.63, 3.8) is 0 Å². The lowest BCUT2D eigenvalue weighted by atomic mass is 9.85. The fraction of sp³-hybridized carbons (Fsp3) is 0.643. The minimum atomic E-state index is 0.0885. The van der Waals surface area contributed by atoms with Crippen molar-refractivity contribution < 1.29 is 4.74 Å². The summed E-state index contributed by atoms with van der Waals surface area (Å²) in [6.07, 6.45) is 6.46. The van der Waals surface area contributed by atoms with Gasteiger partial charge >= 0.3 is 0 Å². The molecule has 3 nitrogen and oxygen atoms in total. The van der Waals surface area contributed by atoms with E-state index in [0.717, 1.165) is 38.0 Å². The van der Waals surface area contributed by atoms with Crippen molar-refractivity contribution in [1.29, 1.82) is 5.26 Å². The lowest BCUT2D eigenvalue weighted by Gasteiger charge is -2.43. The highest BCUT2D eigenvalue weighted by atomic mass is 32.2. The molecule has 3 rings (SSSR count). The van der Waals surface area contributed by atoms with Crippen LogP contribution in [0.5, 0.6) is 0 Å². The van der Waals surface area contributed by atoms with E-state index in [2.05, 4.69) is 10.6 Å². The Labute approximate surface area is 112 Å². The number of aromatic nitrogens is 1. The van der Waals surface area contributed by atoms with Crippen molar-refractivity contribution in [3.8, 4) is 6.07 Å². The molecular weight excluding hydrogens is 244 g/mol. The van der Waals surface area contributed by atoms with E-state index >= 15 is 0 Å². The van der Waals surface area contributed by atoms with E-state index in [0.29, 0.717) is 6.04 Å². The number of thioether (sulfide) groups is 1. The summed E-state index contributed by atoms with van der Waals surface area (Å²) >= 11 is 2.03. The van der Waals surface area contributed by atoms with Crippen LogP contribution in [-0.2, 0) is 4.74 Å². The van der Waals surface area contributed by atoms with E-state index in [9.17, 15) is 0 Å². The quantitative estimate of drug-likeness (QED) is 0.781. The van der Waals surface area contributed by atoms with Crippen LogP contribution in [0.2, 0.25) is 0 Å². The smallest absolute Gasteiger partial charge is 0.120 e. The predicted octanol–water partition coefficient (Wildman–Crippen LogP) is 2.98. The highest BCUT2D eigenvalue weighted by molar-refractivity contribution is 7.99. The van der Waals surface area contributed by atoms with Crippen molar-refractivity contribution in [2.75, 3.05) is 18.1 Å². The molecule has 2 aliphatic rings. The Kier molecular flexibility index (Phi) is 3.36. The Balaban J connectivity index is 1.80. The number of ether oxygens (including phenoxy) is 1. The normalized spacial score (nSPS) is 26.9. The largest absolute Gasteiger partial charge is 0.375 e. The van der Waals surface area contributed by atoms with Crippen LogP contribution in [0, 0.1) is 11.3 Å². The zero-order chi connectivity index (χ0) is 12.4. The molecule has 18 heavy (non-hydrogen) atoms. The number of hydrogen-bond donors (Lipinski definition) is 0. The number of rotatable bonds is 1. The summed E-state index contributed by atoms with van der Waals surface area (Å²) in [5.41, 5.74) is 0.868. The van der Waals surface area contributed by atoms with E-state index in [1.807, 2.05) is 30.1 Å². The average molecular weight is 262 g/mol. The first kappa shape index (κ1) is 12.1. The summed E-state index contributed by atoms with van der Waals surface area (Å²) in [7, 11) is 0. The fourth-order valence-electron chi connectivity index (χ4n) is 3.14. The van der Waals surface area contributed by atoms with Crippen molar-refractivity contribution >= 4 is 11.8 Å². The van der Waals surface area contributed by atoms with Crippen LogP contribution in [0.4, 0.5) is 0 Å². The molecule has 1 aromatic heterocycles. The number of hydrogen-bond acceptors (Lipinski definition) is 3. The molecule has 1 aromatic rings. The number of nitrogens with zero attached hydrogens (tertiary/aromatic N) is 2. The van der Waals surface area contributed by atoms with Gasteiger partial charge in [0.1, 0.15) is 11.8 Å². The maximum Gasteiger partial charge on any atom is 0.120 e. The van der Waals surface area contributed by atoms with Gasteiger partial charge in [-0.3, -0.25) is 0 Å². The van der Waals surface area contributed by atoms with Crippen LogP contribution >= 0.6 is 11.8 Å². The summed E-state index contributed by atoms with van der Waals surface area (Å²) in [5.74, 6) is 2.42. The average Bonchev–Trinajstić information content (AvgIpc) is 2.88. The second kappa shape index (κ2) is 4.99. The second-order valence-corrected chi connectivity index (χ2v) is 6.43. The Bertz CT molecular complexity index is 451. The van der Waals surface area contributed by atoms with Crippen molar-refractivity contribution in [2.24, 2.45) is 0 Å². The third-order valence-corrected chi connectivity index (χ3v) is 5.14. The summed E-state index contributed by atoms with van der Waals surface area (Å²) in [6, 6.07) is 6.59. The minimum Gasteiger partial charge on any atom is -0.375 e. The van der Waals surface area contributed by atoms with Crippen LogP contribution in [0.25, 0.3) is 0 Å². The molecule has 0 bridgehead atoms. The first-order chi connectivity index (χ1) is 8.83. The Morgan fingerprint density at radius 1 is 1.44 bits per heavy atom. The van der Waals surface area contributed by atoms with Gasteiger partial charge in [-0.05, 0) is 49.3 Å². The van der Waals surface area contributed by atoms with Crippen molar-refractivity contribution in [2.45, 2.75) is 37.3 Å². The van der Waals surface area contributed by atoms with Crippen molar-refractivity contribution in [3.05, 3.63) is 24.0 Å². The topological polar surface area (TPSA) is 38.0 Å². The molecule has 4 heteroatoms. The van der Waals surface area contributed by atoms with Gasteiger partial charge in [0.05, 0.1) is 5.60 Å². The van der Waals surface area contributed by atoms with E-state index in [1.54, 1.807) is 0 Å². The molecular formula is C14H18N2OS. The first-order valence-electron chi connectivity index (χ1n) is 6.62. The zero-order valence-corrected chi connectivity index (χ0v) is 11.3. The molecule has 1 atom stereocenters. The standard InChI is InChI=1S/C14H18N2OS/c15-11-13-2-1-6-16(13)12-3-7-17-14(10-12)4-8-18-9-5-14/h1-2,6,12H,3-5,7-10H2. The van der Waals surface area contributed by atoms with Gasteiger partial charge < -0.3 is 9.30 Å². The van der Waals surface area contributed by atoms with Gasteiger partial charge in [0.25, 0.3) is 0 Å². The Morgan fingerprint density at radius 2 is 2.28 bits per heavy atom. The molecule has 0 N–H and O–H groups in total. The molecule has 0 aromatic carbocycles. The molecule has 3 heterocycles. The molecule has 0 saturated carbocycles. The molecule has 2 fully saturated rings. The van der Waals surface area contributed by atoms with Gasteiger partial charge in [-0.25, -0.2) is 0 Å². The van der Waals surface area contributed by atoms with Gasteiger partial charge in [-0.1, -0.05) is 0 Å². The summed E-state index contributed by atoms with van der Waals surface area (Å²) in [5, 5.41) is 9.13. The summed E-state index contributed by atoms with van der Waals surface area (Å²) in [6.45, 7) is 0.832. The third-order valence-electron chi connectivity index (χ3n) is 4.16. The summed E-state index contributed by atoms with van der Waals surface area (Å²) < 4.78 is 8.24. The van der Waals surface area contributed by atoms with Gasteiger partial charge in [0.15, 0.2) is 0 Å². The molecule has 2 aliphatic heterocycles. The van der Waals surface area contributed by atoms with E-state index in [-0.39, 0.29) is 5.60 Å². The molecule has 0 radical (unpaired) electrons. The number of nitriles is 1. The molecule has 96 valence electrons. The second-order valence-electron chi connectivity index (χ2n) is 5.20. The molecule has 1 unspecified atom stereocenters. The fourth-order valence-corrected chi connectivity index (χ4v) is 4.37. The molecule has 1 spiro atoms. The molecule has 2 saturated heterocycles. The predicted molar refractivity (Wildman–Crippen MR) is 72.7 cm³/mol. The van der Waals surface area contributed by atoms with Crippen LogP contribution < -0.4 is 0 Å². The summed E-state index contributed by atoms with van der Waals surface area (Å²) in [4.78, 5) is 0. The van der Waals surface area contributed by atoms with E-state index in [1.165, 1.54) is 11.5 Å². The van der Waals surface area contributed by atoms with Gasteiger partial charge in [-0.15, -0.1) is 0 Å². The van der Waals surface area contributed by atoms with E-state index < -0.39 is 0 Å². The highest BCUT2D eigenvalue weighted by Gasteiger charge is 2.39. The monoisotopic (exact) mass is 262 g/mol. The Morgan fingerprint density at radius 3 is 3.06 bits per heavy atom. The van der Waals surface area contributed by atoms with Gasteiger partial charge in [0.2, 0.25) is 0 Å². The maximum absolute atomic E-state index is 9.13.